The molecular formula is C13H14N4O4S. The Morgan fingerprint density at radius 2 is 1.95 bits per heavy atom. The first-order valence-corrected chi connectivity index (χ1v) is 7.87. The fourth-order valence-corrected chi connectivity index (χ4v) is 4.09. The molecule has 0 saturated heterocycles. The third-order valence-corrected chi connectivity index (χ3v) is 5.44. The molecule has 1 aromatic carbocycles. The fraction of sp³-hybridized carbons (Fsp3) is 0.231. The summed E-state index contributed by atoms with van der Waals surface area (Å²) in [6.07, 6.45) is 0. The van der Waals surface area contributed by atoms with E-state index >= 15 is 0 Å². The lowest BCUT2D eigenvalue weighted by Gasteiger charge is -2.06. The molecule has 0 spiro atoms. The number of benzene rings is 1. The summed E-state index contributed by atoms with van der Waals surface area (Å²) < 4.78 is 31.3. The van der Waals surface area contributed by atoms with Gasteiger partial charge in [-0.2, -0.15) is 3.97 Å². The number of aryl methyl sites for hydroxylation is 3. The highest BCUT2D eigenvalue weighted by Crippen LogP contribution is 2.25. The van der Waals surface area contributed by atoms with Crippen molar-refractivity contribution in [2.24, 2.45) is 0 Å². The van der Waals surface area contributed by atoms with Gasteiger partial charge in [-0.3, -0.25) is 0 Å². The van der Waals surface area contributed by atoms with Crippen molar-refractivity contribution < 1.29 is 12.9 Å². The maximum atomic E-state index is 12.8. The number of imidazole rings is 1. The van der Waals surface area contributed by atoms with Crippen molar-refractivity contribution in [3.05, 3.63) is 39.6 Å². The number of anilines is 1. The van der Waals surface area contributed by atoms with Crippen molar-refractivity contribution >= 4 is 26.7 Å². The minimum atomic E-state index is -4.12. The number of hydrogen-bond donors (Lipinski definition) is 2. The summed E-state index contributed by atoms with van der Waals surface area (Å²) in [7, 11) is -4.12. The van der Waals surface area contributed by atoms with Gasteiger partial charge in [0.05, 0.1) is 11.0 Å². The van der Waals surface area contributed by atoms with Crippen LogP contribution in [-0.2, 0) is 10.0 Å². The van der Waals surface area contributed by atoms with Crippen molar-refractivity contribution in [2.45, 2.75) is 25.7 Å². The van der Waals surface area contributed by atoms with E-state index in [1.807, 2.05) is 0 Å². The van der Waals surface area contributed by atoms with E-state index in [0.29, 0.717) is 20.7 Å². The van der Waals surface area contributed by atoms with E-state index in [2.05, 4.69) is 10.1 Å². The second-order valence-corrected chi connectivity index (χ2v) is 6.80. The van der Waals surface area contributed by atoms with Crippen LogP contribution in [0.5, 0.6) is 0 Å². The van der Waals surface area contributed by atoms with Gasteiger partial charge in [0.1, 0.15) is 5.69 Å². The summed E-state index contributed by atoms with van der Waals surface area (Å²) in [5, 5.41) is 3.63. The number of rotatable bonds is 2. The Morgan fingerprint density at radius 1 is 1.27 bits per heavy atom. The van der Waals surface area contributed by atoms with Crippen LogP contribution in [0.1, 0.15) is 17.0 Å². The molecule has 0 amide bonds. The zero-order valence-electron chi connectivity index (χ0n) is 12.2. The van der Waals surface area contributed by atoms with Gasteiger partial charge in [-0.05, 0) is 38.5 Å². The van der Waals surface area contributed by atoms with Crippen LogP contribution in [0, 0.1) is 20.8 Å². The Hall–Kier alpha value is -2.55. The van der Waals surface area contributed by atoms with Gasteiger partial charge in [-0.25, -0.2) is 13.2 Å². The third-order valence-electron chi connectivity index (χ3n) is 3.50. The molecule has 0 bridgehead atoms. The largest absolute Gasteiger partial charge is 0.398 e. The first-order chi connectivity index (χ1) is 10.2. The van der Waals surface area contributed by atoms with Crippen molar-refractivity contribution in [2.75, 3.05) is 5.73 Å². The Morgan fingerprint density at radius 3 is 2.55 bits per heavy atom. The van der Waals surface area contributed by atoms with Gasteiger partial charge in [0.25, 0.3) is 10.0 Å². The standard InChI is InChI=1S/C13H14N4O4S/c1-6-4-11-10(5-9(6)14)15-13(18)17(11)22(19,20)12-7(2)16-21-8(12)3/h4-5H,14H2,1-3H3,(H,15,18). The summed E-state index contributed by atoms with van der Waals surface area (Å²) in [5.74, 6) is 0.130. The number of nitrogens with two attached hydrogens (primary N) is 1. The van der Waals surface area contributed by atoms with E-state index < -0.39 is 15.7 Å². The summed E-state index contributed by atoms with van der Waals surface area (Å²) in [6, 6.07) is 3.09. The zero-order valence-corrected chi connectivity index (χ0v) is 13.0. The van der Waals surface area contributed by atoms with Crippen LogP contribution in [0.3, 0.4) is 0 Å². The second-order valence-electron chi connectivity index (χ2n) is 5.08. The van der Waals surface area contributed by atoms with Gasteiger partial charge < -0.3 is 15.2 Å². The van der Waals surface area contributed by atoms with Crippen molar-refractivity contribution in [1.82, 2.24) is 14.1 Å². The fourth-order valence-electron chi connectivity index (χ4n) is 2.43. The van der Waals surface area contributed by atoms with Crippen LogP contribution in [0.4, 0.5) is 5.69 Å². The van der Waals surface area contributed by atoms with E-state index in [1.54, 1.807) is 13.0 Å². The summed E-state index contributed by atoms with van der Waals surface area (Å²) in [5.41, 5.74) is 6.95. The molecule has 22 heavy (non-hydrogen) atoms. The zero-order chi connectivity index (χ0) is 16.2. The molecule has 0 radical (unpaired) electrons. The monoisotopic (exact) mass is 322 g/mol. The Balaban J connectivity index is 2.42. The van der Waals surface area contributed by atoms with E-state index in [4.69, 9.17) is 10.3 Å². The summed E-state index contributed by atoms with van der Waals surface area (Å²) >= 11 is 0. The molecule has 3 rings (SSSR count). The molecule has 0 aliphatic heterocycles. The van der Waals surface area contributed by atoms with Gasteiger partial charge >= 0.3 is 5.69 Å². The molecule has 0 saturated carbocycles. The second kappa shape index (κ2) is 4.47. The molecule has 116 valence electrons. The predicted molar refractivity (Wildman–Crippen MR) is 80.3 cm³/mol. The minimum Gasteiger partial charge on any atom is -0.398 e. The predicted octanol–water partition coefficient (Wildman–Crippen LogP) is 1.06. The molecule has 3 N–H and O–H groups in total. The van der Waals surface area contributed by atoms with Crippen LogP contribution < -0.4 is 11.4 Å². The highest BCUT2D eigenvalue weighted by Gasteiger charge is 2.29. The maximum Gasteiger partial charge on any atom is 0.340 e. The topological polar surface area (TPSA) is 124 Å². The van der Waals surface area contributed by atoms with Crippen molar-refractivity contribution in [3.8, 4) is 0 Å². The number of aromatic nitrogens is 3. The van der Waals surface area contributed by atoms with Gasteiger partial charge in [0, 0.05) is 5.69 Å². The lowest BCUT2D eigenvalue weighted by Crippen LogP contribution is -2.25. The molecule has 0 aliphatic rings. The normalized spacial score (nSPS) is 12.1. The molecule has 2 aromatic heterocycles. The number of hydrogen-bond acceptors (Lipinski definition) is 6. The van der Waals surface area contributed by atoms with E-state index in [-0.39, 0.29) is 21.9 Å². The third kappa shape index (κ3) is 1.86. The Bertz CT molecular complexity index is 1040. The van der Waals surface area contributed by atoms with Crippen LogP contribution in [0.2, 0.25) is 0 Å². The number of fused-ring (bicyclic) bond motifs is 1. The van der Waals surface area contributed by atoms with Gasteiger partial charge in [0.2, 0.25) is 0 Å². The number of nitrogens with one attached hydrogen (secondary N) is 1. The molecule has 0 unspecified atom stereocenters. The van der Waals surface area contributed by atoms with Crippen LogP contribution in [-0.4, -0.2) is 22.5 Å². The number of nitrogen functional groups attached to an aromatic ring is 1. The SMILES string of the molecule is Cc1cc2c(cc1N)[nH]c(=O)n2S(=O)(=O)c1c(C)noc1C. The molecule has 9 heteroatoms. The average Bonchev–Trinajstić information content (AvgIpc) is 2.90. The quantitative estimate of drug-likeness (QED) is 0.680. The highest BCUT2D eigenvalue weighted by atomic mass is 32.2. The molecule has 0 atom stereocenters. The van der Waals surface area contributed by atoms with Crippen LogP contribution in [0.15, 0.2) is 26.3 Å². The molecule has 8 nitrogen and oxygen atoms in total. The lowest BCUT2D eigenvalue weighted by molar-refractivity contribution is 0.390. The number of H-pyrrole nitrogens is 1. The number of aromatic amines is 1. The maximum absolute atomic E-state index is 12.8. The first kappa shape index (κ1) is 14.4. The van der Waals surface area contributed by atoms with Crippen molar-refractivity contribution in [3.63, 3.8) is 0 Å². The minimum absolute atomic E-state index is 0.107. The van der Waals surface area contributed by atoms with E-state index in [9.17, 15) is 13.2 Å². The highest BCUT2D eigenvalue weighted by molar-refractivity contribution is 7.90. The Labute approximate surface area is 125 Å². The van der Waals surface area contributed by atoms with Crippen LogP contribution in [0.25, 0.3) is 11.0 Å². The Kier molecular flexibility index (Phi) is 2.92. The average molecular weight is 322 g/mol. The van der Waals surface area contributed by atoms with E-state index in [1.165, 1.54) is 19.9 Å². The lowest BCUT2D eigenvalue weighted by atomic mass is 10.2. The number of nitrogens with zero attached hydrogens (tertiary/aromatic N) is 2. The summed E-state index contributed by atoms with van der Waals surface area (Å²) in [4.78, 5) is 14.6. The van der Waals surface area contributed by atoms with Crippen LogP contribution >= 0.6 is 0 Å². The molecule has 0 fully saturated rings. The van der Waals surface area contributed by atoms with Gasteiger partial charge in [-0.1, -0.05) is 5.16 Å². The van der Waals surface area contributed by atoms with Gasteiger partial charge in [0.15, 0.2) is 10.7 Å². The van der Waals surface area contributed by atoms with E-state index in [0.717, 1.165) is 0 Å². The van der Waals surface area contributed by atoms with Gasteiger partial charge in [-0.15, -0.1) is 0 Å². The van der Waals surface area contributed by atoms with Crippen molar-refractivity contribution in [1.29, 1.82) is 0 Å². The molecule has 0 aliphatic carbocycles. The first-order valence-electron chi connectivity index (χ1n) is 6.43. The molecule has 2 heterocycles. The smallest absolute Gasteiger partial charge is 0.340 e. The molecule has 3 aromatic rings. The summed E-state index contributed by atoms with van der Waals surface area (Å²) in [6.45, 7) is 4.72. The molecular weight excluding hydrogens is 308 g/mol.